The first-order valence-corrected chi connectivity index (χ1v) is 7.65. The van der Waals surface area contributed by atoms with Crippen LogP contribution in [0.25, 0.3) is 0 Å². The van der Waals surface area contributed by atoms with Gasteiger partial charge in [-0.25, -0.2) is 0 Å². The molecule has 2 unspecified atom stereocenters. The number of rotatable bonds is 5. The first-order chi connectivity index (χ1) is 9.50. The highest BCUT2D eigenvalue weighted by Gasteiger charge is 2.42. The zero-order valence-corrected chi connectivity index (χ0v) is 11.8. The van der Waals surface area contributed by atoms with E-state index in [9.17, 15) is 13.2 Å². The standard InChI is InChI=1S/C14H25F3N2O/c15-14(16,17)11-5-3-10(4-6-11)13(19-18)8-7-12-2-1-9-20-12/h10-13,19H,1-9,18H2. The minimum atomic E-state index is -4.03. The van der Waals surface area contributed by atoms with Crippen molar-refractivity contribution in [3.8, 4) is 0 Å². The second-order valence-corrected chi connectivity index (χ2v) is 6.14. The van der Waals surface area contributed by atoms with Gasteiger partial charge in [0.25, 0.3) is 0 Å². The topological polar surface area (TPSA) is 47.3 Å². The Morgan fingerprint density at radius 1 is 1.15 bits per heavy atom. The molecule has 6 heteroatoms. The van der Waals surface area contributed by atoms with Crippen molar-refractivity contribution in [1.82, 2.24) is 5.43 Å². The molecular formula is C14H25F3N2O. The highest BCUT2D eigenvalue weighted by Crippen LogP contribution is 2.40. The summed E-state index contributed by atoms with van der Waals surface area (Å²) in [6.07, 6.45) is 2.05. The molecule has 1 saturated heterocycles. The van der Waals surface area contributed by atoms with Crippen LogP contribution in [0.15, 0.2) is 0 Å². The number of hydrogen-bond donors (Lipinski definition) is 2. The van der Waals surface area contributed by atoms with Crippen LogP contribution in [-0.2, 0) is 4.74 Å². The van der Waals surface area contributed by atoms with Crippen molar-refractivity contribution in [1.29, 1.82) is 0 Å². The summed E-state index contributed by atoms with van der Waals surface area (Å²) in [5.74, 6) is 4.74. The van der Waals surface area contributed by atoms with E-state index in [2.05, 4.69) is 5.43 Å². The second kappa shape index (κ2) is 7.09. The van der Waals surface area contributed by atoms with Gasteiger partial charge in [-0.1, -0.05) is 0 Å². The Kier molecular flexibility index (Phi) is 5.69. The number of nitrogens with one attached hydrogen (secondary N) is 1. The van der Waals surface area contributed by atoms with Crippen LogP contribution < -0.4 is 11.3 Å². The molecule has 2 aliphatic rings. The van der Waals surface area contributed by atoms with Crippen molar-refractivity contribution in [3.05, 3.63) is 0 Å². The van der Waals surface area contributed by atoms with Crippen LogP contribution in [-0.4, -0.2) is 24.9 Å². The van der Waals surface area contributed by atoms with Gasteiger partial charge in [0.15, 0.2) is 0 Å². The number of ether oxygens (including phenoxy) is 1. The van der Waals surface area contributed by atoms with Crippen LogP contribution >= 0.6 is 0 Å². The SMILES string of the molecule is NNC(CCC1CCCO1)C1CCC(C(F)(F)F)CC1. The molecule has 0 amide bonds. The van der Waals surface area contributed by atoms with Gasteiger partial charge in [-0.2, -0.15) is 13.2 Å². The molecule has 2 fully saturated rings. The van der Waals surface area contributed by atoms with Crippen molar-refractivity contribution >= 4 is 0 Å². The van der Waals surface area contributed by atoms with Crippen LogP contribution in [0.5, 0.6) is 0 Å². The predicted octanol–water partition coefficient (Wildman–Crippen LogP) is 3.15. The molecule has 20 heavy (non-hydrogen) atoms. The summed E-state index contributed by atoms with van der Waals surface area (Å²) in [6, 6.07) is 0.119. The first kappa shape index (κ1) is 16.0. The van der Waals surface area contributed by atoms with Gasteiger partial charge < -0.3 is 4.74 Å². The Labute approximate surface area is 118 Å². The van der Waals surface area contributed by atoms with Crippen molar-refractivity contribution < 1.29 is 17.9 Å². The van der Waals surface area contributed by atoms with E-state index < -0.39 is 12.1 Å². The minimum absolute atomic E-state index is 0.119. The van der Waals surface area contributed by atoms with E-state index in [4.69, 9.17) is 10.6 Å². The Bertz CT molecular complexity index is 285. The lowest BCUT2D eigenvalue weighted by Crippen LogP contribution is -2.43. The third-order valence-corrected chi connectivity index (χ3v) is 4.84. The van der Waals surface area contributed by atoms with Crippen LogP contribution in [0, 0.1) is 11.8 Å². The Balaban J connectivity index is 1.74. The first-order valence-electron chi connectivity index (χ1n) is 7.65. The summed E-state index contributed by atoms with van der Waals surface area (Å²) in [5.41, 5.74) is 2.81. The molecule has 0 aromatic rings. The molecule has 0 radical (unpaired) electrons. The van der Waals surface area contributed by atoms with Crippen LogP contribution in [0.3, 0.4) is 0 Å². The number of nitrogens with two attached hydrogens (primary N) is 1. The Morgan fingerprint density at radius 2 is 1.85 bits per heavy atom. The van der Waals surface area contributed by atoms with E-state index in [1.807, 2.05) is 0 Å². The highest BCUT2D eigenvalue weighted by molar-refractivity contribution is 4.84. The third kappa shape index (κ3) is 4.33. The quantitative estimate of drug-likeness (QED) is 0.605. The van der Waals surface area contributed by atoms with Crippen LogP contribution in [0.2, 0.25) is 0 Å². The summed E-state index contributed by atoms with van der Waals surface area (Å²) in [6.45, 7) is 0.835. The number of hydrogen-bond acceptors (Lipinski definition) is 3. The van der Waals surface area contributed by atoms with Gasteiger partial charge in [0.2, 0.25) is 0 Å². The molecule has 1 aliphatic carbocycles. The molecule has 1 heterocycles. The molecule has 2 atom stereocenters. The average Bonchev–Trinajstić information content (AvgIpc) is 2.92. The second-order valence-electron chi connectivity index (χ2n) is 6.14. The Hall–Kier alpha value is -0.330. The maximum atomic E-state index is 12.6. The van der Waals surface area contributed by atoms with Crippen molar-refractivity contribution in [3.63, 3.8) is 0 Å². The van der Waals surface area contributed by atoms with Gasteiger partial charge in [0.1, 0.15) is 0 Å². The van der Waals surface area contributed by atoms with Crippen LogP contribution in [0.4, 0.5) is 13.2 Å². The Morgan fingerprint density at radius 3 is 2.35 bits per heavy atom. The average molecular weight is 294 g/mol. The van der Waals surface area contributed by atoms with E-state index in [0.29, 0.717) is 18.9 Å². The molecule has 118 valence electrons. The fourth-order valence-electron chi connectivity index (χ4n) is 3.54. The van der Waals surface area contributed by atoms with E-state index in [0.717, 1.165) is 32.3 Å². The van der Waals surface area contributed by atoms with E-state index in [1.54, 1.807) is 0 Å². The molecule has 1 saturated carbocycles. The fraction of sp³-hybridized carbons (Fsp3) is 1.00. The molecule has 0 aromatic carbocycles. The van der Waals surface area contributed by atoms with Gasteiger partial charge >= 0.3 is 6.18 Å². The molecule has 3 N–H and O–H groups in total. The monoisotopic (exact) mass is 294 g/mol. The van der Waals surface area contributed by atoms with Gasteiger partial charge in [-0.15, -0.1) is 0 Å². The maximum absolute atomic E-state index is 12.6. The van der Waals surface area contributed by atoms with Gasteiger partial charge in [0, 0.05) is 12.6 Å². The summed E-state index contributed by atoms with van der Waals surface area (Å²) >= 11 is 0. The largest absolute Gasteiger partial charge is 0.391 e. The molecule has 0 spiro atoms. The fourth-order valence-corrected chi connectivity index (χ4v) is 3.54. The third-order valence-electron chi connectivity index (χ3n) is 4.84. The molecule has 0 bridgehead atoms. The van der Waals surface area contributed by atoms with Crippen molar-refractivity contribution in [2.24, 2.45) is 17.7 Å². The molecule has 2 rings (SSSR count). The highest BCUT2D eigenvalue weighted by atomic mass is 19.4. The predicted molar refractivity (Wildman–Crippen MR) is 70.8 cm³/mol. The summed E-state index contributed by atoms with van der Waals surface area (Å²) in [4.78, 5) is 0. The smallest absolute Gasteiger partial charge is 0.378 e. The van der Waals surface area contributed by atoms with E-state index >= 15 is 0 Å². The normalized spacial score (nSPS) is 33.3. The van der Waals surface area contributed by atoms with Gasteiger partial charge in [-0.05, 0) is 57.3 Å². The summed E-state index contributed by atoms with van der Waals surface area (Å²) in [5, 5.41) is 0. The summed E-state index contributed by atoms with van der Waals surface area (Å²) < 4.78 is 43.5. The van der Waals surface area contributed by atoms with E-state index in [1.165, 1.54) is 0 Å². The lowest BCUT2D eigenvalue weighted by molar-refractivity contribution is -0.184. The number of hydrazine groups is 1. The van der Waals surface area contributed by atoms with Crippen molar-refractivity contribution in [2.75, 3.05) is 6.61 Å². The minimum Gasteiger partial charge on any atom is -0.378 e. The number of alkyl halides is 3. The van der Waals surface area contributed by atoms with Gasteiger partial charge in [-0.3, -0.25) is 11.3 Å². The van der Waals surface area contributed by atoms with Gasteiger partial charge in [0.05, 0.1) is 12.0 Å². The molecule has 1 aliphatic heterocycles. The molecule has 3 nitrogen and oxygen atoms in total. The molecular weight excluding hydrogens is 269 g/mol. The summed E-state index contributed by atoms with van der Waals surface area (Å²) in [7, 11) is 0. The van der Waals surface area contributed by atoms with Crippen LogP contribution in [0.1, 0.15) is 51.4 Å². The maximum Gasteiger partial charge on any atom is 0.391 e. The lowest BCUT2D eigenvalue weighted by atomic mass is 9.77. The zero-order valence-electron chi connectivity index (χ0n) is 11.8. The molecule has 0 aromatic heterocycles. The zero-order chi connectivity index (χ0) is 14.6. The lowest BCUT2D eigenvalue weighted by Gasteiger charge is -2.34. The number of halogens is 3. The van der Waals surface area contributed by atoms with E-state index in [-0.39, 0.29) is 24.8 Å². The van der Waals surface area contributed by atoms with Crippen molar-refractivity contribution in [2.45, 2.75) is 69.7 Å².